The van der Waals surface area contributed by atoms with Gasteiger partial charge in [0.15, 0.2) is 0 Å². The van der Waals surface area contributed by atoms with Gasteiger partial charge in [-0.1, -0.05) is 30.1 Å². The van der Waals surface area contributed by atoms with Crippen molar-refractivity contribution in [3.05, 3.63) is 22.2 Å². The molecule has 15 heavy (non-hydrogen) atoms. The molecule has 0 fully saturated rings. The van der Waals surface area contributed by atoms with E-state index in [1.54, 1.807) is 12.1 Å². The van der Waals surface area contributed by atoms with Gasteiger partial charge in [-0.15, -0.1) is 0 Å². The molecule has 3 nitrogen and oxygen atoms in total. The maximum absolute atomic E-state index is 8.82. The summed E-state index contributed by atoms with van der Waals surface area (Å²) in [6.07, 6.45) is 0. The SMILES string of the molecule is CC(CO)COc1cc(Cl)c(Cl)cc1N. The highest BCUT2D eigenvalue weighted by atomic mass is 35.5. The van der Waals surface area contributed by atoms with Crippen molar-refractivity contribution in [3.8, 4) is 5.75 Å². The number of halogens is 2. The molecule has 0 aliphatic carbocycles. The van der Waals surface area contributed by atoms with Crippen LogP contribution in [0.4, 0.5) is 5.69 Å². The molecule has 5 heteroatoms. The maximum Gasteiger partial charge on any atom is 0.143 e. The first-order valence-corrected chi connectivity index (χ1v) is 5.28. The highest BCUT2D eigenvalue weighted by Gasteiger charge is 2.07. The lowest BCUT2D eigenvalue weighted by atomic mass is 10.2. The van der Waals surface area contributed by atoms with Crippen LogP contribution in [0.5, 0.6) is 5.75 Å². The second-order valence-electron chi connectivity index (χ2n) is 3.40. The molecule has 1 rings (SSSR count). The third-order valence-electron chi connectivity index (χ3n) is 1.89. The van der Waals surface area contributed by atoms with E-state index in [2.05, 4.69) is 0 Å². The van der Waals surface area contributed by atoms with Crippen LogP contribution < -0.4 is 10.5 Å². The number of nitrogens with two attached hydrogens (primary N) is 1. The average Bonchev–Trinajstić information content (AvgIpc) is 2.21. The lowest BCUT2D eigenvalue weighted by Gasteiger charge is -2.12. The van der Waals surface area contributed by atoms with Crippen molar-refractivity contribution < 1.29 is 9.84 Å². The second kappa shape index (κ2) is 5.45. The van der Waals surface area contributed by atoms with Gasteiger partial charge in [-0.3, -0.25) is 0 Å². The Bertz CT molecular complexity index is 344. The molecule has 0 bridgehead atoms. The monoisotopic (exact) mass is 249 g/mol. The van der Waals surface area contributed by atoms with Crippen molar-refractivity contribution in [1.82, 2.24) is 0 Å². The van der Waals surface area contributed by atoms with Gasteiger partial charge in [0, 0.05) is 18.6 Å². The first-order chi connectivity index (χ1) is 7.04. The Morgan fingerprint density at radius 2 is 2.00 bits per heavy atom. The van der Waals surface area contributed by atoms with Crippen LogP contribution in [0.3, 0.4) is 0 Å². The maximum atomic E-state index is 8.82. The predicted molar refractivity (Wildman–Crippen MR) is 62.6 cm³/mol. The van der Waals surface area contributed by atoms with Gasteiger partial charge in [0.25, 0.3) is 0 Å². The van der Waals surface area contributed by atoms with Gasteiger partial charge in [-0.05, 0) is 6.07 Å². The molecule has 0 aliphatic heterocycles. The van der Waals surface area contributed by atoms with Crippen LogP contribution in [-0.4, -0.2) is 18.3 Å². The first-order valence-electron chi connectivity index (χ1n) is 4.52. The van der Waals surface area contributed by atoms with Gasteiger partial charge in [0.05, 0.1) is 22.3 Å². The van der Waals surface area contributed by atoms with Gasteiger partial charge in [0.1, 0.15) is 5.75 Å². The van der Waals surface area contributed by atoms with Crippen molar-refractivity contribution in [3.63, 3.8) is 0 Å². The Morgan fingerprint density at radius 1 is 1.40 bits per heavy atom. The number of nitrogen functional groups attached to an aromatic ring is 1. The van der Waals surface area contributed by atoms with Crippen LogP contribution >= 0.6 is 23.2 Å². The molecule has 0 heterocycles. The summed E-state index contributed by atoms with van der Waals surface area (Å²) < 4.78 is 5.40. The van der Waals surface area contributed by atoms with Gasteiger partial charge < -0.3 is 15.6 Å². The topological polar surface area (TPSA) is 55.5 Å². The van der Waals surface area contributed by atoms with Crippen LogP contribution in [-0.2, 0) is 0 Å². The predicted octanol–water partition coefficient (Wildman–Crippen LogP) is 2.58. The van der Waals surface area contributed by atoms with Crippen molar-refractivity contribution >= 4 is 28.9 Å². The average molecular weight is 250 g/mol. The molecule has 0 amide bonds. The van der Waals surface area contributed by atoms with E-state index >= 15 is 0 Å². The number of rotatable bonds is 4. The molecule has 1 unspecified atom stereocenters. The number of aliphatic hydroxyl groups is 1. The number of ether oxygens (including phenoxy) is 1. The highest BCUT2D eigenvalue weighted by Crippen LogP contribution is 2.32. The Morgan fingerprint density at radius 3 is 2.60 bits per heavy atom. The van der Waals surface area contributed by atoms with Crippen LogP contribution in [0.2, 0.25) is 10.0 Å². The number of hydrogen-bond donors (Lipinski definition) is 2. The Hall–Kier alpha value is -0.640. The fourth-order valence-electron chi connectivity index (χ4n) is 0.954. The quantitative estimate of drug-likeness (QED) is 0.807. The molecule has 0 spiro atoms. The van der Waals surface area contributed by atoms with E-state index in [-0.39, 0.29) is 12.5 Å². The van der Waals surface area contributed by atoms with E-state index in [1.165, 1.54) is 0 Å². The van der Waals surface area contributed by atoms with E-state index < -0.39 is 0 Å². The number of hydrogen-bond acceptors (Lipinski definition) is 3. The van der Waals surface area contributed by atoms with Gasteiger partial charge in [0.2, 0.25) is 0 Å². The fraction of sp³-hybridized carbons (Fsp3) is 0.400. The van der Waals surface area contributed by atoms with Gasteiger partial charge in [-0.2, -0.15) is 0 Å². The zero-order valence-corrected chi connectivity index (χ0v) is 9.85. The lowest BCUT2D eigenvalue weighted by molar-refractivity contribution is 0.175. The summed E-state index contributed by atoms with van der Waals surface area (Å²) in [4.78, 5) is 0. The van der Waals surface area contributed by atoms with Crippen LogP contribution in [0.1, 0.15) is 6.92 Å². The standard InChI is InChI=1S/C10H13Cl2NO2/c1-6(4-14)5-15-10-3-8(12)7(11)2-9(10)13/h2-3,6,14H,4-5,13H2,1H3. The zero-order valence-electron chi connectivity index (χ0n) is 8.34. The van der Waals surface area contributed by atoms with E-state index in [0.29, 0.717) is 28.1 Å². The second-order valence-corrected chi connectivity index (χ2v) is 4.22. The molecule has 3 N–H and O–H groups in total. The van der Waals surface area contributed by atoms with Gasteiger partial charge in [-0.25, -0.2) is 0 Å². The van der Waals surface area contributed by atoms with Crippen molar-refractivity contribution in [1.29, 1.82) is 0 Å². The van der Waals surface area contributed by atoms with Crippen LogP contribution in [0.25, 0.3) is 0 Å². The highest BCUT2D eigenvalue weighted by molar-refractivity contribution is 6.42. The van der Waals surface area contributed by atoms with E-state index in [0.717, 1.165) is 0 Å². The summed E-state index contributed by atoms with van der Waals surface area (Å²) in [5.41, 5.74) is 6.13. The van der Waals surface area contributed by atoms with Crippen LogP contribution in [0, 0.1) is 5.92 Å². The van der Waals surface area contributed by atoms with Crippen molar-refractivity contribution in [2.75, 3.05) is 18.9 Å². The fourth-order valence-corrected chi connectivity index (χ4v) is 1.28. The smallest absolute Gasteiger partial charge is 0.143 e. The molecule has 1 aromatic carbocycles. The minimum Gasteiger partial charge on any atom is -0.491 e. The summed E-state index contributed by atoms with van der Waals surface area (Å²) >= 11 is 11.6. The molecular formula is C10H13Cl2NO2. The number of anilines is 1. The van der Waals surface area contributed by atoms with Crippen molar-refractivity contribution in [2.45, 2.75) is 6.92 Å². The Kier molecular flexibility index (Phi) is 4.51. The lowest BCUT2D eigenvalue weighted by Crippen LogP contribution is -2.12. The van der Waals surface area contributed by atoms with Gasteiger partial charge >= 0.3 is 0 Å². The van der Waals surface area contributed by atoms with Crippen LogP contribution in [0.15, 0.2) is 12.1 Å². The third-order valence-corrected chi connectivity index (χ3v) is 2.61. The molecule has 0 radical (unpaired) electrons. The van der Waals surface area contributed by atoms with E-state index in [1.807, 2.05) is 6.92 Å². The van der Waals surface area contributed by atoms with Crippen molar-refractivity contribution in [2.24, 2.45) is 5.92 Å². The largest absolute Gasteiger partial charge is 0.491 e. The summed E-state index contributed by atoms with van der Waals surface area (Å²) in [6, 6.07) is 3.12. The molecule has 1 aromatic rings. The molecule has 0 aliphatic rings. The first kappa shape index (κ1) is 12.4. The molecule has 84 valence electrons. The minimum atomic E-state index is 0.0545. The third kappa shape index (κ3) is 3.45. The molecule has 0 saturated heterocycles. The molecular weight excluding hydrogens is 237 g/mol. The van der Waals surface area contributed by atoms with E-state index in [4.69, 9.17) is 38.8 Å². The summed E-state index contributed by atoms with van der Waals surface area (Å²) in [6.45, 7) is 2.33. The zero-order chi connectivity index (χ0) is 11.4. The summed E-state index contributed by atoms with van der Waals surface area (Å²) in [7, 11) is 0. The normalized spacial score (nSPS) is 12.5. The summed E-state index contributed by atoms with van der Waals surface area (Å²) in [5.74, 6) is 0.545. The molecule has 0 saturated carbocycles. The molecule has 1 atom stereocenters. The summed E-state index contributed by atoms with van der Waals surface area (Å²) in [5, 5.41) is 9.62. The number of benzene rings is 1. The Balaban J connectivity index is 2.73. The van der Waals surface area contributed by atoms with E-state index in [9.17, 15) is 0 Å². The Labute approximate surface area is 98.7 Å². The minimum absolute atomic E-state index is 0.0545. The number of aliphatic hydroxyl groups excluding tert-OH is 1. The molecule has 0 aromatic heterocycles.